The van der Waals surface area contributed by atoms with E-state index in [-0.39, 0.29) is 23.1 Å². The highest BCUT2D eigenvalue weighted by molar-refractivity contribution is 6.44. The van der Waals surface area contributed by atoms with Crippen LogP contribution in [0.3, 0.4) is 0 Å². The first-order valence-electron chi connectivity index (χ1n) is 6.29. The molecule has 0 radical (unpaired) electrons. The minimum Gasteiger partial charge on any atom is -0.322 e. The van der Waals surface area contributed by atoms with Gasteiger partial charge in [0.25, 0.3) is 5.91 Å². The summed E-state index contributed by atoms with van der Waals surface area (Å²) in [5, 5.41) is 0. The van der Waals surface area contributed by atoms with Crippen molar-refractivity contribution in [1.82, 2.24) is 4.90 Å². The SMILES string of the molecule is CC(C)(C)C1C(=O)C(=O)N1C1CCCCC1. The van der Waals surface area contributed by atoms with E-state index in [0.29, 0.717) is 6.04 Å². The van der Waals surface area contributed by atoms with Gasteiger partial charge in [0, 0.05) is 6.04 Å². The standard InChI is InChI=1S/C13H21NO2/c1-13(2,3)11-10(15)12(16)14(11)9-7-5-4-6-8-9/h9,11H,4-8H2,1-3H3. The Kier molecular flexibility index (Phi) is 2.81. The molecule has 0 bridgehead atoms. The third-order valence-corrected chi connectivity index (χ3v) is 3.76. The molecule has 2 rings (SSSR count). The van der Waals surface area contributed by atoms with Gasteiger partial charge in [-0.2, -0.15) is 0 Å². The fourth-order valence-corrected chi connectivity index (χ4v) is 2.97. The molecule has 1 heterocycles. The topological polar surface area (TPSA) is 37.4 Å². The van der Waals surface area contributed by atoms with Crippen LogP contribution < -0.4 is 0 Å². The van der Waals surface area contributed by atoms with Crippen molar-refractivity contribution in [3.8, 4) is 0 Å². The number of hydrogen-bond donors (Lipinski definition) is 0. The molecule has 1 saturated carbocycles. The number of rotatable bonds is 1. The van der Waals surface area contributed by atoms with Gasteiger partial charge in [0.15, 0.2) is 0 Å². The summed E-state index contributed by atoms with van der Waals surface area (Å²) in [6, 6.07) is 0.145. The zero-order valence-corrected chi connectivity index (χ0v) is 10.5. The summed E-state index contributed by atoms with van der Waals surface area (Å²) in [5.74, 6) is -0.426. The highest BCUT2D eigenvalue weighted by Gasteiger charge is 2.54. The van der Waals surface area contributed by atoms with Crippen LogP contribution in [0.1, 0.15) is 52.9 Å². The van der Waals surface area contributed by atoms with Gasteiger partial charge in [-0.1, -0.05) is 40.0 Å². The van der Waals surface area contributed by atoms with Crippen LogP contribution in [0, 0.1) is 5.41 Å². The molecule has 3 nitrogen and oxygen atoms in total. The van der Waals surface area contributed by atoms with Gasteiger partial charge in [0.1, 0.15) is 6.04 Å². The van der Waals surface area contributed by atoms with Crippen molar-refractivity contribution in [3.63, 3.8) is 0 Å². The monoisotopic (exact) mass is 223 g/mol. The number of likely N-dealkylation sites (tertiary alicyclic amines) is 1. The molecular formula is C13H21NO2. The van der Waals surface area contributed by atoms with Crippen LogP contribution in [0.4, 0.5) is 0 Å². The highest BCUT2D eigenvalue weighted by atomic mass is 16.2. The molecule has 0 aromatic heterocycles. The molecule has 0 aromatic carbocycles. The van der Waals surface area contributed by atoms with E-state index in [9.17, 15) is 9.59 Å². The number of carbonyl (C=O) groups is 2. The van der Waals surface area contributed by atoms with Crippen LogP contribution in [-0.2, 0) is 9.59 Å². The van der Waals surface area contributed by atoms with Gasteiger partial charge in [0.05, 0.1) is 0 Å². The second-order valence-corrected chi connectivity index (χ2v) is 6.14. The van der Waals surface area contributed by atoms with Crippen LogP contribution in [0.5, 0.6) is 0 Å². The Bertz CT molecular complexity index is 310. The Hall–Kier alpha value is -0.860. The van der Waals surface area contributed by atoms with Gasteiger partial charge >= 0.3 is 0 Å². The predicted molar refractivity (Wildman–Crippen MR) is 62.0 cm³/mol. The molecule has 0 N–H and O–H groups in total. The molecule has 0 spiro atoms. The smallest absolute Gasteiger partial charge is 0.293 e. The summed E-state index contributed by atoms with van der Waals surface area (Å²) in [4.78, 5) is 25.2. The molecule has 1 saturated heterocycles. The number of carbonyl (C=O) groups excluding carboxylic acids is 2. The molecule has 1 unspecified atom stereocenters. The number of amides is 1. The zero-order chi connectivity index (χ0) is 11.9. The second-order valence-electron chi connectivity index (χ2n) is 6.14. The maximum Gasteiger partial charge on any atom is 0.293 e. The van der Waals surface area contributed by atoms with Gasteiger partial charge in [0.2, 0.25) is 5.78 Å². The summed E-state index contributed by atoms with van der Waals surface area (Å²) < 4.78 is 0. The first-order valence-corrected chi connectivity index (χ1v) is 6.29. The van der Waals surface area contributed by atoms with Crippen molar-refractivity contribution < 1.29 is 9.59 Å². The van der Waals surface area contributed by atoms with Gasteiger partial charge < -0.3 is 4.90 Å². The summed E-state index contributed by atoms with van der Waals surface area (Å²) in [6.45, 7) is 6.12. The van der Waals surface area contributed by atoms with Crippen LogP contribution in [-0.4, -0.2) is 28.7 Å². The van der Waals surface area contributed by atoms with Crippen LogP contribution in [0.15, 0.2) is 0 Å². The predicted octanol–water partition coefficient (Wildman–Crippen LogP) is 2.15. The molecular weight excluding hydrogens is 202 g/mol. The molecule has 1 amide bonds. The third kappa shape index (κ3) is 1.76. The molecule has 0 aromatic rings. The lowest BCUT2D eigenvalue weighted by molar-refractivity contribution is -0.170. The first-order chi connectivity index (χ1) is 7.43. The summed E-state index contributed by atoms with van der Waals surface area (Å²) in [6.07, 6.45) is 5.81. The minimum absolute atomic E-state index is 0.123. The van der Waals surface area contributed by atoms with Crippen LogP contribution in [0.2, 0.25) is 0 Å². The summed E-state index contributed by atoms with van der Waals surface area (Å²) >= 11 is 0. The molecule has 16 heavy (non-hydrogen) atoms. The lowest BCUT2D eigenvalue weighted by atomic mass is 9.75. The Labute approximate surface area is 97.2 Å². The average Bonchev–Trinajstić information content (AvgIpc) is 2.23. The fraction of sp³-hybridized carbons (Fsp3) is 0.846. The lowest BCUT2D eigenvalue weighted by Crippen LogP contribution is -2.69. The summed E-state index contributed by atoms with van der Waals surface area (Å²) in [5.41, 5.74) is -0.123. The van der Waals surface area contributed by atoms with Crippen molar-refractivity contribution in [2.45, 2.75) is 65.0 Å². The number of ketones is 1. The second kappa shape index (κ2) is 3.86. The van der Waals surface area contributed by atoms with Gasteiger partial charge in [-0.25, -0.2) is 0 Å². The maximum absolute atomic E-state index is 11.7. The van der Waals surface area contributed by atoms with E-state index in [1.807, 2.05) is 25.7 Å². The molecule has 3 heteroatoms. The summed E-state index contributed by atoms with van der Waals surface area (Å²) in [7, 11) is 0. The maximum atomic E-state index is 11.7. The van der Waals surface area contributed by atoms with E-state index in [1.165, 1.54) is 19.3 Å². The van der Waals surface area contributed by atoms with E-state index in [1.54, 1.807) is 0 Å². The quantitative estimate of drug-likeness (QED) is 0.504. The first kappa shape index (κ1) is 11.6. The Balaban J connectivity index is 2.13. The van der Waals surface area contributed by atoms with Crippen LogP contribution >= 0.6 is 0 Å². The van der Waals surface area contributed by atoms with Gasteiger partial charge in [-0.15, -0.1) is 0 Å². The van der Waals surface area contributed by atoms with E-state index in [2.05, 4.69) is 0 Å². The highest BCUT2D eigenvalue weighted by Crippen LogP contribution is 2.37. The lowest BCUT2D eigenvalue weighted by Gasteiger charge is -2.50. The molecule has 1 aliphatic carbocycles. The Morgan fingerprint density at radius 2 is 1.62 bits per heavy atom. The molecule has 2 aliphatic rings. The van der Waals surface area contributed by atoms with E-state index in [0.717, 1.165) is 12.8 Å². The minimum atomic E-state index is -0.244. The molecule has 2 fully saturated rings. The van der Waals surface area contributed by atoms with Gasteiger partial charge in [-0.3, -0.25) is 9.59 Å². The van der Waals surface area contributed by atoms with E-state index < -0.39 is 0 Å². The Morgan fingerprint density at radius 1 is 1.06 bits per heavy atom. The normalized spacial score (nSPS) is 28.2. The van der Waals surface area contributed by atoms with Crippen molar-refractivity contribution in [2.75, 3.05) is 0 Å². The van der Waals surface area contributed by atoms with E-state index in [4.69, 9.17) is 0 Å². The fourth-order valence-electron chi connectivity index (χ4n) is 2.97. The van der Waals surface area contributed by atoms with Crippen molar-refractivity contribution in [2.24, 2.45) is 5.41 Å². The largest absolute Gasteiger partial charge is 0.322 e. The molecule has 1 aliphatic heterocycles. The molecule has 90 valence electrons. The van der Waals surface area contributed by atoms with Crippen molar-refractivity contribution in [1.29, 1.82) is 0 Å². The van der Waals surface area contributed by atoms with Crippen molar-refractivity contribution in [3.05, 3.63) is 0 Å². The Morgan fingerprint density at radius 3 is 2.12 bits per heavy atom. The number of nitrogens with zero attached hydrogens (tertiary/aromatic N) is 1. The number of β-lactam (4-membered cyclic amide) rings is 1. The van der Waals surface area contributed by atoms with Crippen molar-refractivity contribution >= 4 is 11.7 Å². The van der Waals surface area contributed by atoms with E-state index >= 15 is 0 Å². The molecule has 1 atom stereocenters. The number of Topliss-reactive ketones (excluding diaryl/α,β-unsaturated/α-hetero) is 1. The zero-order valence-electron chi connectivity index (χ0n) is 10.5. The van der Waals surface area contributed by atoms with Crippen LogP contribution in [0.25, 0.3) is 0 Å². The third-order valence-electron chi connectivity index (χ3n) is 3.76. The van der Waals surface area contributed by atoms with Gasteiger partial charge in [-0.05, 0) is 18.3 Å². The number of hydrogen-bond acceptors (Lipinski definition) is 2. The average molecular weight is 223 g/mol.